The first-order valence-electron chi connectivity index (χ1n) is 6.23. The van der Waals surface area contributed by atoms with E-state index in [1.165, 1.54) is 12.1 Å². The van der Waals surface area contributed by atoms with Gasteiger partial charge >= 0.3 is 0 Å². The zero-order valence-corrected chi connectivity index (χ0v) is 11.4. The predicted octanol–water partition coefficient (Wildman–Crippen LogP) is 2.13. The third-order valence-electron chi connectivity index (χ3n) is 2.79. The summed E-state index contributed by atoms with van der Waals surface area (Å²) < 4.78 is 13.9. The van der Waals surface area contributed by atoms with Gasteiger partial charge in [-0.05, 0) is 36.8 Å². The number of aliphatic hydroxyl groups excluding tert-OH is 1. The quantitative estimate of drug-likeness (QED) is 0.830. The minimum absolute atomic E-state index is 0.0687. The molecule has 21 heavy (non-hydrogen) atoms. The number of hydrogen-bond donors (Lipinski definition) is 2. The van der Waals surface area contributed by atoms with Gasteiger partial charge in [-0.15, -0.1) is 0 Å². The fourth-order valence-corrected chi connectivity index (χ4v) is 1.72. The number of anilines is 1. The second-order valence-electron chi connectivity index (χ2n) is 4.30. The van der Waals surface area contributed by atoms with Crippen molar-refractivity contribution in [2.45, 2.75) is 6.92 Å². The highest BCUT2D eigenvalue weighted by molar-refractivity contribution is 6.04. The number of rotatable bonds is 2. The number of amides is 1. The first kappa shape index (κ1) is 14.7. The number of hydrogen-bond acceptors (Lipinski definition) is 3. The third-order valence-corrected chi connectivity index (χ3v) is 2.79. The number of halogens is 1. The highest BCUT2D eigenvalue weighted by Gasteiger charge is 2.13. The molecule has 0 aliphatic heterocycles. The van der Waals surface area contributed by atoms with Crippen molar-refractivity contribution in [1.82, 2.24) is 4.98 Å². The number of aromatic nitrogens is 1. The van der Waals surface area contributed by atoms with Crippen LogP contribution in [-0.4, -0.2) is 22.6 Å². The molecule has 0 radical (unpaired) electrons. The minimum Gasteiger partial charge on any atom is -0.384 e. The van der Waals surface area contributed by atoms with E-state index in [1.54, 1.807) is 25.4 Å². The Morgan fingerprint density at radius 3 is 2.90 bits per heavy atom. The lowest BCUT2D eigenvalue weighted by molar-refractivity contribution is 0.102. The zero-order valence-electron chi connectivity index (χ0n) is 11.4. The maximum atomic E-state index is 13.9. The number of carbonyl (C=O) groups is 1. The Bertz CT molecular complexity index is 733. The lowest BCUT2D eigenvalue weighted by atomic mass is 10.1. The highest BCUT2D eigenvalue weighted by atomic mass is 19.1. The molecule has 0 saturated carbocycles. The Labute approximate surface area is 121 Å². The van der Waals surface area contributed by atoms with Crippen LogP contribution in [0.5, 0.6) is 0 Å². The highest BCUT2D eigenvalue weighted by Crippen LogP contribution is 2.16. The van der Waals surface area contributed by atoms with E-state index in [9.17, 15) is 9.18 Å². The summed E-state index contributed by atoms with van der Waals surface area (Å²) in [5.41, 5.74) is 1.70. The Kier molecular flexibility index (Phi) is 4.64. The number of nitrogens with zero attached hydrogens (tertiary/aromatic N) is 1. The molecular formula is C16H13FN2O2. The van der Waals surface area contributed by atoms with Gasteiger partial charge < -0.3 is 10.4 Å². The average molecular weight is 284 g/mol. The van der Waals surface area contributed by atoms with Crippen molar-refractivity contribution in [3.8, 4) is 11.8 Å². The van der Waals surface area contributed by atoms with Crippen LogP contribution in [0, 0.1) is 24.6 Å². The molecule has 2 aromatic rings. The average Bonchev–Trinajstić information content (AvgIpc) is 2.47. The summed E-state index contributed by atoms with van der Waals surface area (Å²) in [5, 5.41) is 11.2. The molecule has 1 heterocycles. The van der Waals surface area contributed by atoms with E-state index < -0.39 is 11.7 Å². The fourth-order valence-electron chi connectivity index (χ4n) is 1.72. The normalized spacial score (nSPS) is 9.67. The molecule has 0 saturated heterocycles. The van der Waals surface area contributed by atoms with Crippen molar-refractivity contribution in [2.75, 3.05) is 11.9 Å². The Morgan fingerprint density at radius 1 is 1.43 bits per heavy atom. The van der Waals surface area contributed by atoms with Crippen molar-refractivity contribution < 1.29 is 14.3 Å². The second-order valence-corrected chi connectivity index (χ2v) is 4.30. The van der Waals surface area contributed by atoms with E-state index in [-0.39, 0.29) is 12.2 Å². The first-order chi connectivity index (χ1) is 10.1. The van der Waals surface area contributed by atoms with Crippen LogP contribution in [0.3, 0.4) is 0 Å². The first-order valence-corrected chi connectivity index (χ1v) is 6.23. The van der Waals surface area contributed by atoms with Gasteiger partial charge in [-0.1, -0.05) is 11.8 Å². The third kappa shape index (κ3) is 3.65. The lowest BCUT2D eigenvalue weighted by Gasteiger charge is -2.08. The molecule has 2 rings (SSSR count). The number of nitrogens with one attached hydrogen (secondary N) is 1. The zero-order chi connectivity index (χ0) is 15.2. The minimum atomic E-state index is -0.663. The second kappa shape index (κ2) is 6.64. The topological polar surface area (TPSA) is 62.2 Å². The van der Waals surface area contributed by atoms with Crippen LogP contribution in [0.15, 0.2) is 36.7 Å². The van der Waals surface area contributed by atoms with Gasteiger partial charge in [0.2, 0.25) is 0 Å². The van der Waals surface area contributed by atoms with Crippen molar-refractivity contribution >= 4 is 11.6 Å². The Hall–Kier alpha value is -2.71. The molecule has 0 aliphatic carbocycles. The van der Waals surface area contributed by atoms with Gasteiger partial charge in [-0.2, -0.15) is 0 Å². The van der Waals surface area contributed by atoms with Gasteiger partial charge in [0.25, 0.3) is 5.91 Å². The van der Waals surface area contributed by atoms with Crippen LogP contribution >= 0.6 is 0 Å². The van der Waals surface area contributed by atoms with Crippen molar-refractivity contribution in [1.29, 1.82) is 0 Å². The number of pyridine rings is 1. The molecule has 0 unspecified atom stereocenters. The van der Waals surface area contributed by atoms with Crippen LogP contribution in [0.25, 0.3) is 0 Å². The molecule has 5 heteroatoms. The predicted molar refractivity (Wildman–Crippen MR) is 77.3 cm³/mol. The Morgan fingerprint density at radius 2 is 2.24 bits per heavy atom. The number of carbonyl (C=O) groups excluding carboxylic acids is 1. The molecule has 0 bridgehead atoms. The van der Waals surface area contributed by atoms with E-state index in [0.717, 1.165) is 11.6 Å². The van der Waals surface area contributed by atoms with Crippen LogP contribution < -0.4 is 5.32 Å². The molecule has 1 aromatic heterocycles. The number of aryl methyl sites for hydroxylation is 1. The van der Waals surface area contributed by atoms with Gasteiger partial charge in [0, 0.05) is 23.6 Å². The van der Waals surface area contributed by atoms with Gasteiger partial charge in [-0.3, -0.25) is 9.78 Å². The summed E-state index contributed by atoms with van der Waals surface area (Å²) in [6.45, 7) is 1.50. The largest absolute Gasteiger partial charge is 0.384 e. The van der Waals surface area contributed by atoms with Gasteiger partial charge in [0.15, 0.2) is 0 Å². The van der Waals surface area contributed by atoms with Crippen LogP contribution in [0.2, 0.25) is 0 Å². The van der Waals surface area contributed by atoms with Crippen LogP contribution in [0.4, 0.5) is 10.1 Å². The van der Waals surface area contributed by atoms with Crippen molar-refractivity contribution in [3.63, 3.8) is 0 Å². The smallest absolute Gasteiger partial charge is 0.258 e. The summed E-state index contributed by atoms with van der Waals surface area (Å²) in [4.78, 5) is 16.0. The standard InChI is InChI=1S/C16H13FN2O2/c1-11-10-18-7-6-15(11)19-16(21)13-5-4-12(3-2-8-20)9-14(13)17/h4-7,9-10,20H,8H2,1H3,(H,18,19,21). The maximum absolute atomic E-state index is 13.9. The number of benzene rings is 1. The van der Waals surface area contributed by atoms with Crippen molar-refractivity contribution in [2.24, 2.45) is 0 Å². The summed E-state index contributed by atoms with van der Waals surface area (Å²) in [7, 11) is 0. The van der Waals surface area contributed by atoms with E-state index in [1.807, 2.05) is 0 Å². The molecule has 2 N–H and O–H groups in total. The Balaban J connectivity index is 2.22. The fraction of sp³-hybridized carbons (Fsp3) is 0.125. The van der Waals surface area contributed by atoms with E-state index >= 15 is 0 Å². The summed E-state index contributed by atoms with van der Waals surface area (Å²) in [6, 6.07) is 5.70. The lowest BCUT2D eigenvalue weighted by Crippen LogP contribution is -2.14. The van der Waals surface area contributed by atoms with E-state index in [2.05, 4.69) is 22.1 Å². The van der Waals surface area contributed by atoms with Crippen LogP contribution in [-0.2, 0) is 0 Å². The monoisotopic (exact) mass is 284 g/mol. The molecule has 0 aliphatic rings. The van der Waals surface area contributed by atoms with Gasteiger partial charge in [-0.25, -0.2) is 4.39 Å². The molecule has 1 aromatic carbocycles. The van der Waals surface area contributed by atoms with Crippen LogP contribution in [0.1, 0.15) is 21.5 Å². The molecule has 0 spiro atoms. The van der Waals surface area contributed by atoms with Crippen molar-refractivity contribution in [3.05, 3.63) is 59.2 Å². The van der Waals surface area contributed by atoms with Gasteiger partial charge in [0.1, 0.15) is 12.4 Å². The molecule has 1 amide bonds. The maximum Gasteiger partial charge on any atom is 0.258 e. The van der Waals surface area contributed by atoms with Gasteiger partial charge in [0.05, 0.1) is 5.56 Å². The SMILES string of the molecule is Cc1cnccc1NC(=O)c1ccc(C#CCO)cc1F. The molecule has 0 fully saturated rings. The molecule has 4 nitrogen and oxygen atoms in total. The summed E-state index contributed by atoms with van der Waals surface area (Å²) in [5.74, 6) is 3.80. The summed E-state index contributed by atoms with van der Waals surface area (Å²) >= 11 is 0. The van der Waals surface area contributed by atoms with E-state index in [0.29, 0.717) is 11.3 Å². The summed E-state index contributed by atoms with van der Waals surface area (Å²) in [6.07, 6.45) is 3.16. The molecular weight excluding hydrogens is 271 g/mol. The molecule has 106 valence electrons. The van der Waals surface area contributed by atoms with E-state index in [4.69, 9.17) is 5.11 Å². The number of aliphatic hydroxyl groups is 1. The molecule has 0 atom stereocenters.